The maximum Gasteiger partial charge on any atom is 0.273 e. The summed E-state index contributed by atoms with van der Waals surface area (Å²) in [6.07, 6.45) is 0. The van der Waals surface area contributed by atoms with Crippen molar-refractivity contribution in [2.24, 2.45) is 0 Å². The van der Waals surface area contributed by atoms with Gasteiger partial charge in [0.25, 0.3) is 5.91 Å². The molecule has 0 atom stereocenters. The Morgan fingerprint density at radius 1 is 1.47 bits per heavy atom. The van der Waals surface area contributed by atoms with Crippen LogP contribution in [0.5, 0.6) is 0 Å². The van der Waals surface area contributed by atoms with Gasteiger partial charge < -0.3 is 4.90 Å². The fourth-order valence-electron chi connectivity index (χ4n) is 1.82. The summed E-state index contributed by atoms with van der Waals surface area (Å²) >= 11 is 0. The lowest BCUT2D eigenvalue weighted by Gasteiger charge is -2.10. The molecule has 0 saturated carbocycles. The number of carbonyl (C=O) groups excluding carboxylic acids is 1. The number of hydrogen-bond donors (Lipinski definition) is 0. The second-order valence-corrected chi connectivity index (χ2v) is 4.22. The third kappa shape index (κ3) is 1.62. The Morgan fingerprint density at radius 2 is 2.20 bits per heavy atom. The van der Waals surface area contributed by atoms with Crippen molar-refractivity contribution in [3.63, 3.8) is 0 Å². The molecule has 2 heterocycles. The molecule has 0 spiro atoms. The second-order valence-electron chi connectivity index (χ2n) is 4.22. The molecule has 0 bridgehead atoms. The summed E-state index contributed by atoms with van der Waals surface area (Å²) < 4.78 is 0. The molecule has 0 fully saturated rings. The van der Waals surface area contributed by atoms with Crippen molar-refractivity contribution in [3.8, 4) is 0 Å². The highest BCUT2D eigenvalue weighted by Crippen LogP contribution is 2.23. The number of pyridine rings is 1. The number of amides is 1. The van der Waals surface area contributed by atoms with Crippen LogP contribution in [-0.2, 0) is 6.54 Å². The Labute approximate surface area is 90.1 Å². The molecule has 3 heteroatoms. The topological polar surface area (TPSA) is 33.2 Å². The Hall–Kier alpha value is -1.38. The molecule has 0 radical (unpaired) electrons. The first-order valence-corrected chi connectivity index (χ1v) is 5.42. The van der Waals surface area contributed by atoms with Gasteiger partial charge in [-0.2, -0.15) is 0 Å². The fourth-order valence-corrected chi connectivity index (χ4v) is 1.82. The summed E-state index contributed by atoms with van der Waals surface area (Å²) in [6.45, 7) is 7.65. The third-order valence-corrected chi connectivity index (χ3v) is 2.82. The van der Waals surface area contributed by atoms with Crippen LogP contribution >= 0.6 is 0 Å². The molecule has 3 nitrogen and oxygen atoms in total. The minimum absolute atomic E-state index is 0.0787. The van der Waals surface area contributed by atoms with Crippen molar-refractivity contribution >= 4 is 5.91 Å². The van der Waals surface area contributed by atoms with Crippen LogP contribution in [0.25, 0.3) is 0 Å². The first-order chi connectivity index (χ1) is 7.13. The van der Waals surface area contributed by atoms with E-state index in [1.807, 2.05) is 24.0 Å². The van der Waals surface area contributed by atoms with E-state index in [0.717, 1.165) is 24.3 Å². The lowest BCUT2D eigenvalue weighted by Crippen LogP contribution is -2.23. The van der Waals surface area contributed by atoms with Crippen molar-refractivity contribution < 1.29 is 4.79 Å². The molecule has 1 aromatic heterocycles. The number of fused-ring (bicyclic) bond motifs is 1. The Kier molecular flexibility index (Phi) is 2.47. The number of hydrogen-bond acceptors (Lipinski definition) is 2. The quantitative estimate of drug-likeness (QED) is 0.739. The van der Waals surface area contributed by atoms with Crippen molar-refractivity contribution in [2.45, 2.75) is 33.2 Å². The summed E-state index contributed by atoms with van der Waals surface area (Å²) in [5, 5.41) is 0. The zero-order chi connectivity index (χ0) is 11.0. The first kappa shape index (κ1) is 10.1. The van der Waals surface area contributed by atoms with E-state index in [-0.39, 0.29) is 5.91 Å². The molecule has 0 saturated heterocycles. The van der Waals surface area contributed by atoms with Crippen LogP contribution in [0.15, 0.2) is 12.1 Å². The van der Waals surface area contributed by atoms with Crippen LogP contribution in [0.2, 0.25) is 0 Å². The smallest absolute Gasteiger partial charge is 0.273 e. The lowest BCUT2D eigenvalue weighted by molar-refractivity contribution is 0.0782. The van der Waals surface area contributed by atoms with Gasteiger partial charge in [-0.25, -0.2) is 4.98 Å². The van der Waals surface area contributed by atoms with Gasteiger partial charge in [0.2, 0.25) is 0 Å². The molecule has 15 heavy (non-hydrogen) atoms. The molecule has 2 rings (SSSR count). The van der Waals surface area contributed by atoms with E-state index >= 15 is 0 Å². The summed E-state index contributed by atoms with van der Waals surface area (Å²) in [6, 6.07) is 4.06. The minimum Gasteiger partial charge on any atom is -0.333 e. The van der Waals surface area contributed by atoms with E-state index in [4.69, 9.17) is 0 Å². The number of rotatable bonds is 2. The summed E-state index contributed by atoms with van der Waals surface area (Å²) in [5.74, 6) is 0.453. The third-order valence-electron chi connectivity index (χ3n) is 2.82. The van der Waals surface area contributed by atoms with Gasteiger partial charge in [0, 0.05) is 24.3 Å². The maximum atomic E-state index is 11.9. The normalized spacial score (nSPS) is 14.9. The Morgan fingerprint density at radius 3 is 2.80 bits per heavy atom. The molecule has 1 aliphatic heterocycles. The van der Waals surface area contributed by atoms with Crippen molar-refractivity contribution in [1.82, 2.24) is 9.88 Å². The zero-order valence-electron chi connectivity index (χ0n) is 9.45. The zero-order valence-corrected chi connectivity index (χ0v) is 9.45. The molecule has 1 amide bonds. The maximum absolute atomic E-state index is 11.9. The van der Waals surface area contributed by atoms with Gasteiger partial charge in [0.1, 0.15) is 5.69 Å². The minimum atomic E-state index is 0.0787. The molecule has 80 valence electrons. The van der Waals surface area contributed by atoms with Crippen LogP contribution in [0, 0.1) is 0 Å². The predicted molar refractivity (Wildman–Crippen MR) is 58.7 cm³/mol. The van der Waals surface area contributed by atoms with Gasteiger partial charge in [0.15, 0.2) is 0 Å². The standard InChI is InChI=1S/C12H16N2O/c1-4-14-7-9-5-6-10(8(2)3)13-11(9)12(14)15/h5-6,8H,4,7H2,1-3H3. The van der Waals surface area contributed by atoms with Gasteiger partial charge in [-0.05, 0) is 18.9 Å². The highest BCUT2D eigenvalue weighted by Gasteiger charge is 2.27. The molecular weight excluding hydrogens is 188 g/mol. The molecule has 0 N–H and O–H groups in total. The number of carbonyl (C=O) groups is 1. The molecule has 0 unspecified atom stereocenters. The average Bonchev–Trinajstić information content (AvgIpc) is 2.55. The van der Waals surface area contributed by atoms with Crippen LogP contribution in [-0.4, -0.2) is 22.3 Å². The summed E-state index contributed by atoms with van der Waals surface area (Å²) in [4.78, 5) is 18.1. The largest absolute Gasteiger partial charge is 0.333 e. The van der Waals surface area contributed by atoms with Crippen LogP contribution < -0.4 is 0 Å². The predicted octanol–water partition coefficient (Wildman–Crippen LogP) is 2.18. The fraction of sp³-hybridized carbons (Fsp3) is 0.500. The van der Waals surface area contributed by atoms with Crippen LogP contribution in [0.1, 0.15) is 48.4 Å². The first-order valence-electron chi connectivity index (χ1n) is 5.42. The molecule has 1 aromatic rings. The molecule has 1 aliphatic rings. The Bertz CT molecular complexity index is 399. The van der Waals surface area contributed by atoms with Crippen LogP contribution in [0.4, 0.5) is 0 Å². The highest BCUT2D eigenvalue weighted by atomic mass is 16.2. The molecular formula is C12H16N2O. The van der Waals surface area contributed by atoms with Gasteiger partial charge >= 0.3 is 0 Å². The monoisotopic (exact) mass is 204 g/mol. The number of aromatic nitrogens is 1. The van der Waals surface area contributed by atoms with Crippen LogP contribution in [0.3, 0.4) is 0 Å². The van der Waals surface area contributed by atoms with Crippen molar-refractivity contribution in [1.29, 1.82) is 0 Å². The Balaban J connectivity index is 2.40. The van der Waals surface area contributed by atoms with E-state index in [0.29, 0.717) is 11.6 Å². The van der Waals surface area contributed by atoms with E-state index in [1.54, 1.807) is 0 Å². The summed E-state index contributed by atoms with van der Waals surface area (Å²) in [7, 11) is 0. The van der Waals surface area contributed by atoms with Gasteiger partial charge in [-0.3, -0.25) is 4.79 Å². The van der Waals surface area contributed by atoms with E-state index in [1.165, 1.54) is 0 Å². The van der Waals surface area contributed by atoms with E-state index < -0.39 is 0 Å². The summed E-state index contributed by atoms with van der Waals surface area (Å²) in [5.41, 5.74) is 2.72. The van der Waals surface area contributed by atoms with Gasteiger partial charge in [0.05, 0.1) is 0 Å². The van der Waals surface area contributed by atoms with Gasteiger partial charge in [-0.15, -0.1) is 0 Å². The van der Waals surface area contributed by atoms with Crippen molar-refractivity contribution in [3.05, 3.63) is 29.1 Å². The van der Waals surface area contributed by atoms with Gasteiger partial charge in [-0.1, -0.05) is 19.9 Å². The average molecular weight is 204 g/mol. The lowest BCUT2D eigenvalue weighted by atomic mass is 10.1. The van der Waals surface area contributed by atoms with Crippen molar-refractivity contribution in [2.75, 3.05) is 6.54 Å². The SMILES string of the molecule is CCN1Cc2ccc(C(C)C)nc2C1=O. The molecule has 0 aromatic carbocycles. The molecule has 0 aliphatic carbocycles. The second kappa shape index (κ2) is 3.65. The highest BCUT2D eigenvalue weighted by molar-refractivity contribution is 5.96. The van der Waals surface area contributed by atoms with E-state index in [9.17, 15) is 4.79 Å². The van der Waals surface area contributed by atoms with E-state index in [2.05, 4.69) is 18.8 Å². The number of nitrogens with zero attached hydrogens (tertiary/aromatic N) is 2.